The molecule has 0 saturated carbocycles. The normalized spacial score (nSPS) is 25.2. The molecule has 1 aliphatic rings. The van der Waals surface area contributed by atoms with Gasteiger partial charge in [0.15, 0.2) is 5.82 Å². The molecule has 3 heterocycles. The van der Waals surface area contributed by atoms with E-state index in [0.717, 1.165) is 0 Å². The van der Waals surface area contributed by atoms with Crippen molar-refractivity contribution in [3.63, 3.8) is 0 Å². The Labute approximate surface area is 263 Å². The first-order valence-corrected chi connectivity index (χ1v) is 17.3. The molecule has 0 amide bonds. The van der Waals surface area contributed by atoms with Gasteiger partial charge in [0.2, 0.25) is 5.60 Å². The minimum Gasteiger partial charge on any atom is -0.387 e. The number of anilines is 1. The second-order valence-electron chi connectivity index (χ2n) is 12.0. The van der Waals surface area contributed by atoms with Gasteiger partial charge >= 0.3 is 7.82 Å². The number of aromatic nitrogens is 3. The summed E-state index contributed by atoms with van der Waals surface area (Å²) in [7, 11) is -4.29. The van der Waals surface area contributed by atoms with Crippen LogP contribution in [0, 0.1) is 22.2 Å². The maximum Gasteiger partial charge on any atom is 0.472 e. The standard InChI is InChI=1S/C26H42N5O10PS2/c1-24(2,3)22(34)43-11-9-38-42(35,36)39-10-12-44-23(25(4,5)6)41-37-13-17-19(32)20(33)26(14-27,40-17)18-8-7-16-21(28)29-15-30-31(16)18/h7-8,15,17,19-20,32-34,43-44H,9-13H2,1-6H3,(H,35,36)(H2,28,29,30)/t17-,19-,20-,26+/m1/s1. The molecule has 2 aromatic heterocycles. The average molecular weight is 680 g/mol. The first-order chi connectivity index (χ1) is 20.4. The van der Waals surface area contributed by atoms with Crippen LogP contribution >= 0.6 is 30.5 Å². The van der Waals surface area contributed by atoms with Gasteiger partial charge in [0.25, 0.3) is 0 Å². The average Bonchev–Trinajstić information content (AvgIpc) is 3.47. The fourth-order valence-corrected chi connectivity index (χ4v) is 6.82. The molecule has 15 nitrogen and oxygen atoms in total. The monoisotopic (exact) mass is 679 g/mol. The van der Waals surface area contributed by atoms with Crippen LogP contribution in [0.25, 0.3) is 5.52 Å². The predicted molar refractivity (Wildman–Crippen MR) is 170 cm³/mol. The highest BCUT2D eigenvalue weighted by Crippen LogP contribution is 2.43. The van der Waals surface area contributed by atoms with Crippen molar-refractivity contribution in [1.82, 2.24) is 14.6 Å². The Kier molecular flexibility index (Phi) is 12.3. The van der Waals surface area contributed by atoms with E-state index in [1.54, 1.807) is 6.07 Å². The van der Waals surface area contributed by atoms with E-state index in [-0.39, 0.29) is 47.6 Å². The molecule has 1 unspecified atom stereocenters. The largest absolute Gasteiger partial charge is 0.472 e. The molecule has 1 fully saturated rings. The van der Waals surface area contributed by atoms with Gasteiger partial charge in [-0.15, -0.1) is 0 Å². The molecule has 44 heavy (non-hydrogen) atoms. The summed E-state index contributed by atoms with van der Waals surface area (Å²) in [6, 6.07) is 5.05. The summed E-state index contributed by atoms with van der Waals surface area (Å²) in [5.41, 5.74) is 3.57. The van der Waals surface area contributed by atoms with Crippen molar-refractivity contribution in [2.45, 2.75) is 65.5 Å². The van der Waals surface area contributed by atoms with Gasteiger partial charge in [-0.2, -0.15) is 38.0 Å². The van der Waals surface area contributed by atoms with Crippen LogP contribution in [0.15, 0.2) is 18.5 Å². The molecular weight excluding hydrogens is 637 g/mol. The first-order valence-electron chi connectivity index (χ1n) is 13.7. The Morgan fingerprint density at radius 1 is 1.16 bits per heavy atom. The molecule has 0 spiro atoms. The molecule has 1 saturated heterocycles. The number of rotatable bonds is 12. The van der Waals surface area contributed by atoms with Gasteiger partial charge < -0.3 is 30.7 Å². The fraction of sp³-hybridized carbons (Fsp3) is 0.654. The third kappa shape index (κ3) is 8.93. The second kappa shape index (κ2) is 14.8. The molecule has 1 aliphatic heterocycles. The highest BCUT2D eigenvalue weighted by Gasteiger charge is 2.57. The van der Waals surface area contributed by atoms with Crippen molar-refractivity contribution in [2.75, 3.05) is 37.1 Å². The molecule has 0 bridgehead atoms. The van der Waals surface area contributed by atoms with Gasteiger partial charge in [-0.1, -0.05) is 41.5 Å². The number of nitriles is 1. The number of nitrogens with zero attached hydrogens (tertiary/aromatic N) is 4. The maximum absolute atomic E-state index is 12.2. The molecule has 248 valence electrons. The summed E-state index contributed by atoms with van der Waals surface area (Å²) in [5.74, 6) is 0.765. The van der Waals surface area contributed by atoms with E-state index in [0.29, 0.717) is 39.0 Å². The molecule has 0 radical (unpaired) electrons. The van der Waals surface area contributed by atoms with Crippen molar-refractivity contribution in [3.8, 4) is 6.07 Å². The zero-order valence-electron chi connectivity index (χ0n) is 25.4. The number of fused-ring (bicyclic) bond motifs is 1. The first kappa shape index (κ1) is 36.7. The zero-order valence-corrected chi connectivity index (χ0v) is 28.1. The van der Waals surface area contributed by atoms with Gasteiger partial charge in [0.05, 0.1) is 24.0 Å². The van der Waals surface area contributed by atoms with E-state index in [2.05, 4.69) is 10.1 Å². The van der Waals surface area contributed by atoms with E-state index >= 15 is 0 Å². The van der Waals surface area contributed by atoms with Gasteiger partial charge in [-0.3, -0.25) is 9.05 Å². The number of nitrogens with two attached hydrogens (primary N) is 1. The smallest absolute Gasteiger partial charge is 0.387 e. The number of phosphoric acid groups is 1. The topological polar surface area (TPSA) is 224 Å². The van der Waals surface area contributed by atoms with E-state index in [1.807, 2.05) is 47.6 Å². The summed E-state index contributed by atoms with van der Waals surface area (Å²) in [5, 5.41) is 46.5. The Balaban J connectivity index is 1.56. The number of hydrogen-bond acceptors (Lipinski definition) is 12. The molecule has 2 aromatic rings. The van der Waals surface area contributed by atoms with Crippen LogP contribution in [0.5, 0.6) is 0 Å². The zero-order chi connectivity index (χ0) is 32.9. The molecule has 3 rings (SSSR count). The SMILES string of the molecule is CC(C)(C)C(O)=[SH]CCOP(=O)(O)OCC[SH]=C(OOC[C@H]1O[C@@](C#N)(c2ccc3c(N)ncnn23)[C@H](O)[C@@H]1O)C(C)(C)C. The van der Waals surface area contributed by atoms with Gasteiger partial charge in [-0.05, 0) is 12.1 Å². The minimum absolute atomic E-state index is 0.0666. The lowest BCUT2D eigenvalue weighted by atomic mass is 9.92. The molecule has 6 N–H and O–H groups in total. The summed E-state index contributed by atoms with van der Waals surface area (Å²) < 4.78 is 29.4. The van der Waals surface area contributed by atoms with Crippen LogP contribution in [0.4, 0.5) is 5.82 Å². The highest BCUT2D eigenvalue weighted by atomic mass is 32.1. The van der Waals surface area contributed by atoms with Gasteiger partial charge in [0, 0.05) is 22.3 Å². The van der Waals surface area contributed by atoms with E-state index in [1.165, 1.54) is 16.9 Å². The molecule has 0 aliphatic carbocycles. The van der Waals surface area contributed by atoms with Crippen LogP contribution in [-0.2, 0) is 33.7 Å². The quantitative estimate of drug-likeness (QED) is 0.0426. The number of aliphatic hydroxyl groups is 3. The van der Waals surface area contributed by atoms with Crippen molar-refractivity contribution >= 4 is 52.0 Å². The maximum atomic E-state index is 12.2. The number of ether oxygens (including phenoxy) is 1. The summed E-state index contributed by atoms with van der Waals surface area (Å²) in [6.07, 6.45) is -3.09. The Morgan fingerprint density at radius 3 is 2.39 bits per heavy atom. The lowest BCUT2D eigenvalue weighted by Gasteiger charge is -2.24. The van der Waals surface area contributed by atoms with Gasteiger partial charge in [0.1, 0.15) is 47.9 Å². The Hall–Kier alpha value is -1.78. The van der Waals surface area contributed by atoms with Crippen LogP contribution < -0.4 is 5.73 Å². The number of thiol groups is 2. The third-order valence-electron chi connectivity index (χ3n) is 6.38. The summed E-state index contributed by atoms with van der Waals surface area (Å²) in [4.78, 5) is 24.8. The third-order valence-corrected chi connectivity index (χ3v) is 10.2. The molecule has 0 aromatic carbocycles. The molecule has 5 atom stereocenters. The number of aliphatic hydroxyl groups excluding tert-OH is 3. The van der Waals surface area contributed by atoms with E-state index < -0.39 is 37.2 Å². The molecular formula is C26H42N5O10PS2. The lowest BCUT2D eigenvalue weighted by Crippen LogP contribution is -2.41. The van der Waals surface area contributed by atoms with Crippen molar-refractivity contribution < 1.29 is 48.3 Å². The molecule has 18 heteroatoms. The Bertz CT molecular complexity index is 1450. The summed E-state index contributed by atoms with van der Waals surface area (Å²) in [6.45, 7) is 10.7. The van der Waals surface area contributed by atoms with Crippen molar-refractivity contribution in [2.24, 2.45) is 10.8 Å². The van der Waals surface area contributed by atoms with Gasteiger partial charge in [-0.25, -0.2) is 19.0 Å². The highest BCUT2D eigenvalue weighted by molar-refractivity contribution is 7.98. The number of nitrogen functional groups attached to an aromatic ring is 1. The Morgan fingerprint density at radius 2 is 1.80 bits per heavy atom. The van der Waals surface area contributed by atoms with E-state index in [4.69, 9.17) is 29.3 Å². The van der Waals surface area contributed by atoms with Crippen LogP contribution in [0.1, 0.15) is 47.2 Å². The van der Waals surface area contributed by atoms with Crippen LogP contribution in [-0.4, -0.2) is 94.6 Å². The lowest BCUT2D eigenvalue weighted by molar-refractivity contribution is -0.250. The van der Waals surface area contributed by atoms with Crippen LogP contribution in [0.3, 0.4) is 0 Å². The van der Waals surface area contributed by atoms with Crippen molar-refractivity contribution in [1.29, 1.82) is 5.26 Å². The predicted octanol–water partition coefficient (Wildman–Crippen LogP) is 2.07. The van der Waals surface area contributed by atoms with Crippen molar-refractivity contribution in [3.05, 3.63) is 24.2 Å². The van der Waals surface area contributed by atoms with Crippen LogP contribution in [0.2, 0.25) is 0 Å². The second-order valence-corrected chi connectivity index (χ2v) is 15.8. The number of hydrogen-bond donors (Lipinski definition) is 7. The fourth-order valence-electron chi connectivity index (χ4n) is 3.98. The van der Waals surface area contributed by atoms with E-state index in [9.17, 15) is 30.0 Å². The number of phosphoric ester groups is 1. The minimum atomic E-state index is -4.29. The summed E-state index contributed by atoms with van der Waals surface area (Å²) >= 11 is 1.20.